The highest BCUT2D eigenvalue weighted by molar-refractivity contribution is 7.90. The van der Waals surface area contributed by atoms with Crippen molar-refractivity contribution in [2.75, 3.05) is 0 Å². The van der Waals surface area contributed by atoms with Crippen LogP contribution in [-0.2, 0) is 14.8 Å². The second kappa shape index (κ2) is 6.27. The smallest absolute Gasteiger partial charge is 0.264 e. The number of hydrogen-bond donors (Lipinski definition) is 1. The standard InChI is InChI=1S/C15H11N3O3S2/c19-15(7-6-11-9-22-10-17-11)18-23(20,21)14-5-1-4-13-12(14)3-2-8-16-13/h1-10H,(H,18,19)/b7-6-. The van der Waals surface area contributed by atoms with Crippen molar-refractivity contribution in [3.63, 3.8) is 0 Å². The number of thiazole rings is 1. The van der Waals surface area contributed by atoms with Crippen LogP contribution in [0.25, 0.3) is 17.0 Å². The Hall–Kier alpha value is -2.58. The third-order valence-corrected chi connectivity index (χ3v) is 5.00. The third-order valence-electron chi connectivity index (χ3n) is 2.99. The van der Waals surface area contributed by atoms with E-state index in [9.17, 15) is 13.2 Å². The van der Waals surface area contributed by atoms with E-state index in [-0.39, 0.29) is 4.90 Å². The predicted octanol–water partition coefficient (Wildman–Crippen LogP) is 2.21. The Bertz CT molecular complexity index is 975. The van der Waals surface area contributed by atoms with Gasteiger partial charge in [-0.2, -0.15) is 0 Å². The molecule has 0 atom stereocenters. The molecule has 1 N–H and O–H groups in total. The van der Waals surface area contributed by atoms with Crippen LogP contribution < -0.4 is 4.72 Å². The molecule has 23 heavy (non-hydrogen) atoms. The highest BCUT2D eigenvalue weighted by Gasteiger charge is 2.19. The summed E-state index contributed by atoms with van der Waals surface area (Å²) in [4.78, 5) is 19.9. The van der Waals surface area contributed by atoms with Gasteiger partial charge < -0.3 is 0 Å². The number of fused-ring (bicyclic) bond motifs is 1. The molecular weight excluding hydrogens is 334 g/mol. The largest absolute Gasteiger partial charge is 0.269 e. The van der Waals surface area contributed by atoms with Crippen molar-refractivity contribution in [3.8, 4) is 0 Å². The zero-order chi connectivity index (χ0) is 16.3. The van der Waals surface area contributed by atoms with Crippen LogP contribution >= 0.6 is 11.3 Å². The molecular formula is C15H11N3O3S2. The maximum atomic E-state index is 12.4. The van der Waals surface area contributed by atoms with Crippen LogP contribution in [0.15, 0.2) is 58.4 Å². The number of rotatable bonds is 4. The third kappa shape index (κ3) is 3.43. The zero-order valence-corrected chi connectivity index (χ0v) is 13.3. The fourth-order valence-corrected chi connectivity index (χ4v) is 3.68. The van der Waals surface area contributed by atoms with Crippen LogP contribution in [0.4, 0.5) is 0 Å². The first kappa shape index (κ1) is 15.3. The van der Waals surface area contributed by atoms with Crippen LogP contribution in [-0.4, -0.2) is 24.3 Å². The van der Waals surface area contributed by atoms with Gasteiger partial charge in [0.15, 0.2) is 0 Å². The van der Waals surface area contributed by atoms with E-state index in [2.05, 4.69) is 9.97 Å². The number of nitrogens with zero attached hydrogens (tertiary/aromatic N) is 2. The molecule has 6 nitrogen and oxygen atoms in total. The van der Waals surface area contributed by atoms with Crippen molar-refractivity contribution < 1.29 is 13.2 Å². The monoisotopic (exact) mass is 345 g/mol. The number of carbonyl (C=O) groups is 1. The Labute approximate surface area is 136 Å². The number of amides is 1. The molecule has 1 aromatic carbocycles. The van der Waals surface area contributed by atoms with E-state index in [0.717, 1.165) is 6.08 Å². The Morgan fingerprint density at radius 3 is 2.83 bits per heavy atom. The number of benzene rings is 1. The van der Waals surface area contributed by atoms with Gasteiger partial charge in [0.05, 0.1) is 21.6 Å². The number of carbonyl (C=O) groups excluding carboxylic acids is 1. The van der Waals surface area contributed by atoms with Gasteiger partial charge in [-0.1, -0.05) is 6.07 Å². The number of pyridine rings is 1. The van der Waals surface area contributed by atoms with Crippen molar-refractivity contribution in [1.82, 2.24) is 14.7 Å². The second-order valence-corrected chi connectivity index (χ2v) is 6.91. The molecule has 0 aliphatic rings. The molecule has 0 spiro atoms. The van der Waals surface area contributed by atoms with Crippen molar-refractivity contribution in [1.29, 1.82) is 0 Å². The summed E-state index contributed by atoms with van der Waals surface area (Å²) in [5.41, 5.74) is 2.76. The maximum absolute atomic E-state index is 12.4. The van der Waals surface area contributed by atoms with Gasteiger partial charge in [0.25, 0.3) is 15.9 Å². The van der Waals surface area contributed by atoms with Crippen molar-refractivity contribution in [2.24, 2.45) is 0 Å². The summed E-state index contributed by atoms with van der Waals surface area (Å²) in [5.74, 6) is -0.737. The highest BCUT2D eigenvalue weighted by Crippen LogP contribution is 2.20. The summed E-state index contributed by atoms with van der Waals surface area (Å²) in [7, 11) is -3.99. The maximum Gasteiger partial charge on any atom is 0.264 e. The molecule has 1 amide bonds. The molecule has 0 aliphatic carbocycles. The van der Waals surface area contributed by atoms with Gasteiger partial charge in [-0.3, -0.25) is 9.78 Å². The first-order valence-corrected chi connectivity index (χ1v) is 8.96. The molecule has 0 saturated heterocycles. The summed E-state index contributed by atoms with van der Waals surface area (Å²) in [6.45, 7) is 0. The molecule has 8 heteroatoms. The quantitative estimate of drug-likeness (QED) is 0.732. The first-order chi connectivity index (χ1) is 11.1. The minimum Gasteiger partial charge on any atom is -0.269 e. The fourth-order valence-electron chi connectivity index (χ4n) is 2.00. The summed E-state index contributed by atoms with van der Waals surface area (Å²) in [5, 5.41) is 2.20. The minimum atomic E-state index is -3.99. The molecule has 3 rings (SSSR count). The number of nitrogens with one attached hydrogen (secondary N) is 1. The highest BCUT2D eigenvalue weighted by atomic mass is 32.2. The van der Waals surface area contributed by atoms with E-state index < -0.39 is 15.9 Å². The first-order valence-electron chi connectivity index (χ1n) is 6.53. The van der Waals surface area contributed by atoms with Gasteiger partial charge in [0.2, 0.25) is 0 Å². The molecule has 0 saturated carbocycles. The van der Waals surface area contributed by atoms with Gasteiger partial charge >= 0.3 is 0 Å². The Balaban J connectivity index is 1.87. The summed E-state index contributed by atoms with van der Waals surface area (Å²) >= 11 is 1.38. The number of aromatic nitrogens is 2. The number of sulfonamides is 1. The normalized spacial score (nSPS) is 11.8. The Kier molecular flexibility index (Phi) is 4.18. The average molecular weight is 345 g/mol. The van der Waals surface area contributed by atoms with Gasteiger partial charge in [-0.25, -0.2) is 18.1 Å². The lowest BCUT2D eigenvalue weighted by Crippen LogP contribution is -2.29. The molecule has 0 fully saturated rings. The van der Waals surface area contributed by atoms with E-state index in [1.54, 1.807) is 41.4 Å². The average Bonchev–Trinajstić information content (AvgIpc) is 3.05. The van der Waals surface area contributed by atoms with Gasteiger partial charge in [0, 0.05) is 23.0 Å². The van der Waals surface area contributed by atoms with Crippen molar-refractivity contribution >= 4 is 44.2 Å². The van der Waals surface area contributed by atoms with E-state index in [1.165, 1.54) is 23.5 Å². The fraction of sp³-hybridized carbons (Fsp3) is 0. The molecule has 0 aliphatic heterocycles. The van der Waals surface area contributed by atoms with E-state index in [4.69, 9.17) is 0 Å². The zero-order valence-electron chi connectivity index (χ0n) is 11.7. The second-order valence-electron chi connectivity index (χ2n) is 4.54. The molecule has 3 aromatic rings. The molecule has 0 radical (unpaired) electrons. The lowest BCUT2D eigenvalue weighted by Gasteiger charge is -2.07. The van der Waals surface area contributed by atoms with Crippen molar-refractivity contribution in [2.45, 2.75) is 4.90 Å². The molecule has 116 valence electrons. The Morgan fingerprint density at radius 1 is 1.17 bits per heavy atom. The molecule has 2 heterocycles. The lowest BCUT2D eigenvalue weighted by atomic mass is 10.2. The lowest BCUT2D eigenvalue weighted by molar-refractivity contribution is -0.114. The summed E-state index contributed by atoms with van der Waals surface area (Å²) in [6, 6.07) is 8.01. The van der Waals surface area contributed by atoms with Crippen molar-refractivity contribution in [3.05, 3.63) is 59.2 Å². The van der Waals surface area contributed by atoms with Gasteiger partial charge in [0.1, 0.15) is 0 Å². The number of hydrogen-bond acceptors (Lipinski definition) is 6. The SMILES string of the molecule is O=C(/C=C\c1cscn1)NS(=O)(=O)c1cccc2ncccc12. The predicted molar refractivity (Wildman–Crippen MR) is 88.2 cm³/mol. The van der Waals surface area contributed by atoms with E-state index in [1.807, 2.05) is 4.72 Å². The summed E-state index contributed by atoms with van der Waals surface area (Å²) in [6.07, 6.45) is 4.16. The van der Waals surface area contributed by atoms with E-state index in [0.29, 0.717) is 16.6 Å². The Morgan fingerprint density at radius 2 is 2.04 bits per heavy atom. The van der Waals surface area contributed by atoms with Crippen LogP contribution in [0, 0.1) is 0 Å². The molecule has 0 unspecified atom stereocenters. The van der Waals surface area contributed by atoms with Gasteiger partial charge in [-0.15, -0.1) is 11.3 Å². The minimum absolute atomic E-state index is 0.0125. The van der Waals surface area contributed by atoms with Crippen LogP contribution in [0.1, 0.15) is 5.69 Å². The van der Waals surface area contributed by atoms with Crippen LogP contribution in [0.2, 0.25) is 0 Å². The molecule has 0 bridgehead atoms. The topological polar surface area (TPSA) is 89.0 Å². The van der Waals surface area contributed by atoms with Crippen LogP contribution in [0.5, 0.6) is 0 Å². The summed E-state index contributed by atoms with van der Waals surface area (Å²) < 4.78 is 26.8. The van der Waals surface area contributed by atoms with Gasteiger partial charge in [-0.05, 0) is 30.3 Å². The van der Waals surface area contributed by atoms with Crippen LogP contribution in [0.3, 0.4) is 0 Å². The van der Waals surface area contributed by atoms with E-state index >= 15 is 0 Å². The molecule has 2 aromatic heterocycles.